The summed E-state index contributed by atoms with van der Waals surface area (Å²) in [6.45, 7) is 4.46. The van der Waals surface area contributed by atoms with Crippen molar-refractivity contribution in [2.24, 2.45) is 5.10 Å². The van der Waals surface area contributed by atoms with Gasteiger partial charge in [-0.3, -0.25) is 5.43 Å². The first-order valence-electron chi connectivity index (χ1n) is 6.42. The normalized spacial score (nSPS) is 17.7. The molecular formula is C13H23N3S. The van der Waals surface area contributed by atoms with Crippen molar-refractivity contribution in [3.8, 4) is 0 Å². The lowest BCUT2D eigenvalue weighted by Gasteiger charge is -2.07. The van der Waals surface area contributed by atoms with E-state index >= 15 is 0 Å². The lowest BCUT2D eigenvalue weighted by atomic mass is 10.0. The van der Waals surface area contributed by atoms with Gasteiger partial charge in [0.05, 0.1) is 5.71 Å². The quantitative estimate of drug-likeness (QED) is 0.449. The predicted octanol–water partition coefficient (Wildman–Crippen LogP) is 3.13. The molecule has 4 heteroatoms. The Morgan fingerprint density at radius 2 is 2.12 bits per heavy atom. The van der Waals surface area contributed by atoms with Crippen molar-refractivity contribution in [3.05, 3.63) is 11.1 Å². The molecule has 0 amide bonds. The minimum Gasteiger partial charge on any atom is -0.364 e. The van der Waals surface area contributed by atoms with E-state index in [0.717, 1.165) is 19.3 Å². The minimum absolute atomic E-state index is 0.579. The average molecular weight is 253 g/mol. The molecule has 0 bridgehead atoms. The van der Waals surface area contributed by atoms with Gasteiger partial charge < -0.3 is 5.32 Å². The molecular weight excluding hydrogens is 230 g/mol. The minimum atomic E-state index is 0.579. The number of nitrogens with one attached hydrogen (secondary N) is 2. The highest BCUT2D eigenvalue weighted by Crippen LogP contribution is 2.27. The van der Waals surface area contributed by atoms with Gasteiger partial charge in [-0.1, -0.05) is 25.3 Å². The van der Waals surface area contributed by atoms with Gasteiger partial charge in [0.1, 0.15) is 0 Å². The molecule has 17 heavy (non-hydrogen) atoms. The summed E-state index contributed by atoms with van der Waals surface area (Å²) in [4.78, 5) is 0. The second-order valence-electron chi connectivity index (χ2n) is 4.47. The fourth-order valence-electron chi connectivity index (χ4n) is 2.06. The van der Waals surface area contributed by atoms with Crippen LogP contribution in [0.25, 0.3) is 0 Å². The molecule has 0 atom stereocenters. The molecule has 2 N–H and O–H groups in total. The van der Waals surface area contributed by atoms with Crippen molar-refractivity contribution in [1.29, 1.82) is 0 Å². The summed E-state index contributed by atoms with van der Waals surface area (Å²) in [6.07, 6.45) is 7.18. The molecule has 3 nitrogen and oxygen atoms in total. The van der Waals surface area contributed by atoms with Crippen LogP contribution in [-0.2, 0) is 0 Å². The molecule has 0 unspecified atom stereocenters. The van der Waals surface area contributed by atoms with Crippen LogP contribution in [0.5, 0.6) is 0 Å². The second-order valence-corrected chi connectivity index (χ2v) is 4.87. The molecule has 0 fully saturated rings. The van der Waals surface area contributed by atoms with Crippen molar-refractivity contribution in [3.63, 3.8) is 0 Å². The van der Waals surface area contributed by atoms with Crippen LogP contribution in [0, 0.1) is 0 Å². The Bertz CT molecular complexity index is 332. The highest BCUT2D eigenvalue weighted by Gasteiger charge is 2.17. The van der Waals surface area contributed by atoms with E-state index in [-0.39, 0.29) is 0 Å². The van der Waals surface area contributed by atoms with Gasteiger partial charge in [0.2, 0.25) is 0 Å². The van der Waals surface area contributed by atoms with E-state index in [9.17, 15) is 0 Å². The number of nitrogens with zero attached hydrogens (tertiary/aromatic N) is 1. The largest absolute Gasteiger partial charge is 0.364 e. The van der Waals surface area contributed by atoms with Crippen molar-refractivity contribution >= 4 is 23.0 Å². The van der Waals surface area contributed by atoms with Gasteiger partial charge in [-0.25, -0.2) is 0 Å². The summed E-state index contributed by atoms with van der Waals surface area (Å²) in [6, 6.07) is 0. The van der Waals surface area contributed by atoms with Gasteiger partial charge >= 0.3 is 0 Å². The van der Waals surface area contributed by atoms with Crippen LogP contribution in [0.1, 0.15) is 52.4 Å². The Hall–Kier alpha value is -0.900. The van der Waals surface area contributed by atoms with Gasteiger partial charge in [-0.15, -0.1) is 0 Å². The summed E-state index contributed by atoms with van der Waals surface area (Å²) < 4.78 is 0. The summed E-state index contributed by atoms with van der Waals surface area (Å²) in [5, 5.41) is 7.85. The predicted molar refractivity (Wildman–Crippen MR) is 78.3 cm³/mol. The Labute approximate surface area is 110 Å². The molecule has 0 saturated carbocycles. The third kappa shape index (κ3) is 4.46. The van der Waals surface area contributed by atoms with Crippen molar-refractivity contribution < 1.29 is 0 Å². The summed E-state index contributed by atoms with van der Waals surface area (Å²) in [7, 11) is 1.80. The summed E-state index contributed by atoms with van der Waals surface area (Å²) in [5.74, 6) is 0. The highest BCUT2D eigenvalue weighted by atomic mass is 32.1. The van der Waals surface area contributed by atoms with Crippen LogP contribution in [-0.4, -0.2) is 17.9 Å². The molecule has 0 saturated heterocycles. The fraction of sp³-hybridized carbons (Fsp3) is 0.692. The first kappa shape index (κ1) is 14.2. The van der Waals surface area contributed by atoms with E-state index in [1.54, 1.807) is 7.05 Å². The van der Waals surface area contributed by atoms with E-state index in [1.165, 1.54) is 36.1 Å². The summed E-state index contributed by atoms with van der Waals surface area (Å²) in [5.41, 5.74) is 7.03. The van der Waals surface area contributed by atoms with E-state index in [4.69, 9.17) is 12.2 Å². The van der Waals surface area contributed by atoms with Crippen molar-refractivity contribution in [1.82, 2.24) is 10.7 Å². The molecule has 1 aliphatic rings. The maximum absolute atomic E-state index is 5.02. The monoisotopic (exact) mass is 253 g/mol. The molecule has 0 radical (unpaired) electrons. The smallest absolute Gasteiger partial charge is 0.186 e. The lowest BCUT2D eigenvalue weighted by molar-refractivity contribution is 0.720. The fourth-order valence-corrected chi connectivity index (χ4v) is 2.11. The number of unbranched alkanes of at least 4 members (excludes halogenated alkanes) is 2. The third-order valence-electron chi connectivity index (χ3n) is 3.15. The average Bonchev–Trinajstić information content (AvgIpc) is 2.68. The lowest BCUT2D eigenvalue weighted by Crippen LogP contribution is -2.29. The van der Waals surface area contributed by atoms with E-state index in [0.29, 0.717) is 5.11 Å². The Balaban J connectivity index is 2.57. The maximum Gasteiger partial charge on any atom is 0.186 e. The van der Waals surface area contributed by atoms with Crippen LogP contribution < -0.4 is 10.7 Å². The zero-order valence-corrected chi connectivity index (χ0v) is 11.9. The van der Waals surface area contributed by atoms with E-state index in [1.807, 2.05) is 0 Å². The number of hydrazone groups is 1. The zero-order valence-electron chi connectivity index (χ0n) is 11.1. The Kier molecular flexibility index (Phi) is 6.19. The SMILES string of the molecule is CCCCCC1=C(C)CC/C1=N/NC(=S)NC. The zero-order chi connectivity index (χ0) is 12.7. The Morgan fingerprint density at radius 3 is 2.76 bits per heavy atom. The molecule has 0 aromatic carbocycles. The van der Waals surface area contributed by atoms with E-state index in [2.05, 4.69) is 29.7 Å². The first-order valence-corrected chi connectivity index (χ1v) is 6.83. The molecule has 0 spiro atoms. The van der Waals surface area contributed by atoms with Crippen molar-refractivity contribution in [2.45, 2.75) is 52.4 Å². The molecule has 0 aromatic rings. The number of thiocarbonyl (C=S) groups is 1. The van der Waals surface area contributed by atoms with Gasteiger partial charge in [0.15, 0.2) is 5.11 Å². The van der Waals surface area contributed by atoms with Crippen LogP contribution in [0.3, 0.4) is 0 Å². The molecule has 96 valence electrons. The number of rotatable bonds is 5. The molecule has 0 aromatic heterocycles. The third-order valence-corrected chi connectivity index (χ3v) is 3.45. The standard InChI is InChI=1S/C13H23N3S/c1-4-5-6-7-11-10(2)8-9-12(11)15-16-13(17)14-3/h4-9H2,1-3H3,(H2,14,16,17)/b15-12-. The van der Waals surface area contributed by atoms with Crippen LogP contribution in [0.15, 0.2) is 16.2 Å². The molecule has 1 aliphatic carbocycles. The molecule has 0 aliphatic heterocycles. The molecule has 0 heterocycles. The van der Waals surface area contributed by atoms with Crippen molar-refractivity contribution in [2.75, 3.05) is 7.05 Å². The summed E-state index contributed by atoms with van der Waals surface area (Å²) >= 11 is 5.02. The number of allylic oxidation sites excluding steroid dienone is 2. The second kappa shape index (κ2) is 7.43. The topological polar surface area (TPSA) is 36.4 Å². The highest BCUT2D eigenvalue weighted by molar-refractivity contribution is 7.80. The number of hydrogen-bond acceptors (Lipinski definition) is 2. The van der Waals surface area contributed by atoms with Gasteiger partial charge in [0.25, 0.3) is 0 Å². The Morgan fingerprint density at radius 1 is 1.35 bits per heavy atom. The molecule has 1 rings (SSSR count). The number of hydrogen-bond donors (Lipinski definition) is 2. The van der Waals surface area contributed by atoms with Crippen LogP contribution >= 0.6 is 12.2 Å². The van der Waals surface area contributed by atoms with Gasteiger partial charge in [0, 0.05) is 7.05 Å². The first-order chi connectivity index (χ1) is 8.19. The maximum atomic E-state index is 5.02. The van der Waals surface area contributed by atoms with Gasteiger partial charge in [-0.05, 0) is 50.4 Å². The van der Waals surface area contributed by atoms with Crippen LogP contribution in [0.4, 0.5) is 0 Å². The van der Waals surface area contributed by atoms with E-state index < -0.39 is 0 Å². The van der Waals surface area contributed by atoms with Crippen LogP contribution in [0.2, 0.25) is 0 Å². The van der Waals surface area contributed by atoms with Gasteiger partial charge in [-0.2, -0.15) is 5.10 Å².